The third-order valence-corrected chi connectivity index (χ3v) is 50.1. The molecule has 4 fully saturated rings. The van der Waals surface area contributed by atoms with Crippen molar-refractivity contribution in [2.24, 2.45) is 11.0 Å². The van der Waals surface area contributed by atoms with Crippen LogP contribution < -0.4 is 31.9 Å². The fourth-order valence-electron chi connectivity index (χ4n) is 14.4. The van der Waals surface area contributed by atoms with Crippen LogP contribution in [0.4, 0.5) is 24.0 Å². The first-order valence-corrected chi connectivity index (χ1v) is 61.4. The number of hydrogen-bond acceptors (Lipinski definition) is 25. The molecule has 1 saturated carbocycles. The zero-order chi connectivity index (χ0) is 99.5. The minimum atomic E-state index is -3.21. The Morgan fingerprint density at radius 1 is 0.422 bits per heavy atom. The molecule has 135 heavy (non-hydrogen) atoms. The fraction of sp³-hybridized carbons (Fsp3) is 0.629. The number of aliphatic hydroxyl groups excluding tert-OH is 2. The van der Waals surface area contributed by atoms with Crippen LogP contribution in [0, 0.1) is 5.92 Å². The lowest BCUT2D eigenvalue weighted by Crippen LogP contribution is -2.71. The number of benzene rings is 5. The van der Waals surface area contributed by atoms with Gasteiger partial charge in [0.2, 0.25) is 5.91 Å². The Labute approximate surface area is 802 Å². The summed E-state index contributed by atoms with van der Waals surface area (Å²) in [7, 11) is -15.2. The molecule has 9 rings (SSSR count). The van der Waals surface area contributed by atoms with Crippen LogP contribution in [0.1, 0.15) is 151 Å². The number of hydrogen-bond donors (Lipinski definition) is 8. The van der Waals surface area contributed by atoms with Gasteiger partial charge >= 0.3 is 30.5 Å². The molecule has 0 aromatic heterocycles. The van der Waals surface area contributed by atoms with Crippen LogP contribution in [0.2, 0.25) is 90.7 Å². The normalized spacial score (nSPS) is 25.2. The molecule has 33 nitrogen and oxygen atoms in total. The molecule has 0 radical (unpaired) electrons. The number of aliphatic hydroxyl groups is 2. The highest BCUT2D eigenvalue weighted by molar-refractivity contribution is 6.76. The van der Waals surface area contributed by atoms with Gasteiger partial charge in [0.15, 0.2) is 66.7 Å². The number of amides is 6. The lowest BCUT2D eigenvalue weighted by molar-refractivity contribution is -0.300. The molecular formula is C97H151N9O24Si5. The van der Waals surface area contributed by atoms with Crippen LogP contribution >= 0.6 is 0 Å². The largest absolute Gasteiger partial charge is 0.445 e. The highest BCUT2D eigenvalue weighted by Gasteiger charge is 2.62. The first-order valence-electron chi connectivity index (χ1n) is 46.8. The van der Waals surface area contributed by atoms with Gasteiger partial charge < -0.3 is 116 Å². The van der Waals surface area contributed by atoms with E-state index in [9.17, 15) is 30.1 Å². The Morgan fingerprint density at radius 2 is 0.807 bits per heavy atom. The van der Waals surface area contributed by atoms with Crippen LogP contribution in [0.5, 0.6) is 0 Å². The van der Waals surface area contributed by atoms with Crippen LogP contribution in [0.25, 0.3) is 10.4 Å². The van der Waals surface area contributed by atoms with Crippen molar-refractivity contribution in [1.82, 2.24) is 31.9 Å². The molecule has 38 heteroatoms. The van der Waals surface area contributed by atoms with Gasteiger partial charge in [-0.25, -0.2) is 24.0 Å². The molecule has 1 aliphatic carbocycles. The lowest BCUT2D eigenvalue weighted by Gasteiger charge is -2.53. The van der Waals surface area contributed by atoms with E-state index in [-0.39, 0.29) is 72.1 Å². The summed E-state index contributed by atoms with van der Waals surface area (Å²) in [5.41, 5.74) is 13.5. The molecule has 3 aliphatic heterocycles. The number of nitrogens with one attached hydrogen (secondary N) is 6. The third kappa shape index (κ3) is 31.7. The van der Waals surface area contributed by atoms with Crippen molar-refractivity contribution >= 4 is 78.0 Å². The molecule has 0 spiro atoms. The minimum Gasteiger partial charge on any atom is -0.445 e. The van der Waals surface area contributed by atoms with E-state index in [1.54, 1.807) is 60.7 Å². The number of azide groups is 1. The van der Waals surface area contributed by atoms with Gasteiger partial charge in [0.1, 0.15) is 87.8 Å². The van der Waals surface area contributed by atoms with Gasteiger partial charge in [-0.15, -0.1) is 0 Å². The van der Waals surface area contributed by atoms with Gasteiger partial charge in [-0.2, -0.15) is 0 Å². The van der Waals surface area contributed by atoms with E-state index in [0.29, 0.717) is 16.7 Å². The average molecular weight is 1970 g/mol. The van der Waals surface area contributed by atoms with Crippen molar-refractivity contribution in [2.45, 2.75) is 357 Å². The number of rotatable bonds is 39. The van der Waals surface area contributed by atoms with Crippen molar-refractivity contribution in [1.29, 1.82) is 0 Å². The molecule has 5 aromatic rings. The number of nitrogens with zero attached hydrogens (tertiary/aromatic N) is 3. The minimum absolute atomic E-state index is 0.0291. The quantitative estimate of drug-likeness (QED) is 0.00595. The summed E-state index contributed by atoms with van der Waals surface area (Å²) in [5.74, 6) is -2.25. The maximum Gasteiger partial charge on any atom is 0.407 e. The molecule has 19 atom stereocenters. The zero-order valence-corrected chi connectivity index (χ0v) is 88.6. The van der Waals surface area contributed by atoms with Crippen molar-refractivity contribution in [3.63, 3.8) is 0 Å². The fourth-order valence-corrected chi connectivity index (χ4v) is 20.6. The molecule has 0 unspecified atom stereocenters. The molecule has 748 valence electrons. The van der Waals surface area contributed by atoms with Gasteiger partial charge in [0.05, 0.1) is 42.9 Å². The van der Waals surface area contributed by atoms with E-state index in [1.165, 1.54) is 0 Å². The predicted molar refractivity (Wildman–Crippen MR) is 523 cm³/mol. The molecular weight excluding hydrogens is 1820 g/mol. The highest BCUT2D eigenvalue weighted by Crippen LogP contribution is 2.49. The van der Waals surface area contributed by atoms with Crippen LogP contribution in [0.3, 0.4) is 0 Å². The molecule has 3 heterocycles. The zero-order valence-electron chi connectivity index (χ0n) is 83.6. The van der Waals surface area contributed by atoms with E-state index >= 15 is 14.4 Å². The van der Waals surface area contributed by atoms with Gasteiger partial charge in [0, 0.05) is 31.0 Å². The molecule has 6 amide bonds. The average Bonchev–Trinajstić information content (AvgIpc) is 1.73. The number of alkyl carbamates (subject to hydrolysis) is 5. The second-order valence-corrected chi connectivity index (χ2v) is 66.9. The number of carbonyl (C=O) groups is 6. The maximum atomic E-state index is 15.4. The summed E-state index contributed by atoms with van der Waals surface area (Å²) in [6.07, 6.45) is -26.0. The Bertz CT molecular complexity index is 4640. The summed E-state index contributed by atoms with van der Waals surface area (Å²) < 4.78 is 113. The summed E-state index contributed by atoms with van der Waals surface area (Å²) in [6, 6.07) is 39.7. The third-order valence-electron chi connectivity index (χ3n) is 27.8. The van der Waals surface area contributed by atoms with Crippen LogP contribution in [-0.4, -0.2) is 225 Å². The van der Waals surface area contributed by atoms with E-state index < -0.39 is 226 Å². The van der Waals surface area contributed by atoms with E-state index in [4.69, 9.17) is 74.2 Å². The van der Waals surface area contributed by atoms with E-state index in [1.807, 2.05) is 138 Å². The predicted octanol–water partition coefficient (Wildman–Crippen LogP) is 17.5. The molecule has 8 N–H and O–H groups in total. The van der Waals surface area contributed by atoms with Gasteiger partial charge in [-0.05, 0) is 137 Å². The molecule has 5 aromatic carbocycles. The Morgan fingerprint density at radius 3 is 1.25 bits per heavy atom. The van der Waals surface area contributed by atoms with Crippen LogP contribution in [0.15, 0.2) is 157 Å². The van der Waals surface area contributed by atoms with E-state index in [2.05, 4.69) is 164 Å². The Balaban J connectivity index is 1.27. The standard InChI is InChI=1S/C97H151N9O24Si5/c1-93(2,3)131(16,17)120-62-69-78(123-86-76(105-92(114)119-61-67-49-39-30-40-50-67)81(129-134(22,23)96(10,11)12)80(128-133(20,21)95(7,8)9)74(122-86)56-100-89(111)116-58-64-43-33-27-34-44-64)87(130-135(24,25)97(13,14)15)126-84(69)125-82-77(108)70(102-83(109)72(107)51-52-99-88(110)115-57-63-41-31-26-32-42-63)54-71(103-90(112)117-59-65-45-35-28-36-46-65)79(82)124-85-75(104-91(113)118-60-66-47-37-29-38-48-66)73(53-68(121-85)55-101-106-98)127-132(18,19)94(4,5)6/h26-50,68-82,84-87,107-108H,51-62H2,1-25H3,(H,99,110)(H,100,111)(H,102,109)(H,103,112)(H,104,113)(H,105,114)/t68-,69+,70+,71-,72-,73-,74-,75+,76+,77-,78-,79+,80+,81+,82+,84+,85+,86+,87-/m0/s1. The van der Waals surface area contributed by atoms with Crippen molar-refractivity contribution < 1.29 is 113 Å². The van der Waals surface area contributed by atoms with Gasteiger partial charge in [0.25, 0.3) is 0 Å². The Kier molecular flexibility index (Phi) is 39.0. The topological polar surface area (TPSA) is 412 Å². The maximum absolute atomic E-state index is 15.4. The monoisotopic (exact) mass is 1970 g/mol. The molecule has 4 aliphatic rings. The number of ether oxygens (including phenoxy) is 11. The second-order valence-electron chi connectivity index (χ2n) is 43.1. The van der Waals surface area contributed by atoms with Gasteiger partial charge in [-0.3, -0.25) is 4.79 Å². The summed E-state index contributed by atoms with van der Waals surface area (Å²) in [4.78, 5) is 91.0. The van der Waals surface area contributed by atoms with Crippen molar-refractivity contribution in [2.75, 3.05) is 26.2 Å². The number of carbonyl (C=O) groups excluding carboxylic acids is 6. The summed E-state index contributed by atoms with van der Waals surface area (Å²) >= 11 is 0. The summed E-state index contributed by atoms with van der Waals surface area (Å²) in [6.45, 7) is 50.0. The van der Waals surface area contributed by atoms with E-state index in [0.717, 1.165) is 11.1 Å². The first-order chi connectivity index (χ1) is 63.1. The second kappa shape index (κ2) is 47.6. The lowest BCUT2D eigenvalue weighted by atomic mass is 9.83. The van der Waals surface area contributed by atoms with Gasteiger partial charge in [-0.1, -0.05) is 261 Å². The Hall–Kier alpha value is -8.21. The molecule has 0 bridgehead atoms. The molecule has 3 saturated heterocycles. The van der Waals surface area contributed by atoms with Crippen molar-refractivity contribution in [3.8, 4) is 0 Å². The van der Waals surface area contributed by atoms with Crippen molar-refractivity contribution in [3.05, 3.63) is 190 Å². The smallest absolute Gasteiger partial charge is 0.407 e. The SMILES string of the molecule is CC(C)(C)[Si](C)(C)OC[C@H]1[C@H](O[C@@H]2[C@@H](O)[C@H](NC(=O)[C@@H](O)CCNC(=O)OCc3ccccc3)C[C@H](NC(=O)OCc3ccccc3)[C@H]2O[C@H]2O[C@H](CN=[N+]=[N-])C[C@H](O[Si](C)(C)C(C)(C)C)[C@H]2NC(=O)OCc2ccccc2)O[C@@H](O[Si](C)(C)C(C)(C)C)[C@H]1O[C@H]1O[C@@H](CNC(=O)OCc2ccccc2)[C@@H](O[Si](C)(C)C(C)(C)C)[C@H](O[Si](C)(C)C(C)(C)C)[C@H]1NC(=O)OCc1ccccc1. The highest BCUT2D eigenvalue weighted by atomic mass is 28.4. The first kappa shape index (κ1) is 110. The van der Waals surface area contributed by atoms with Crippen LogP contribution in [-0.2, 0) is 112 Å². The summed E-state index contributed by atoms with van der Waals surface area (Å²) in [5, 5.41) is 45.2.